The second-order valence-electron chi connectivity index (χ2n) is 6.02. The van der Waals surface area contributed by atoms with E-state index in [9.17, 15) is 19.5 Å². The molecule has 1 atom stereocenters. The van der Waals surface area contributed by atoms with Crippen LogP contribution in [0.2, 0.25) is 0 Å². The minimum absolute atomic E-state index is 0.221. The molecule has 2 aromatic rings. The Labute approximate surface area is 150 Å². The molecule has 134 valence electrons. The van der Waals surface area contributed by atoms with Crippen LogP contribution in [0.25, 0.3) is 0 Å². The molecule has 0 saturated carbocycles. The lowest BCUT2D eigenvalue weighted by Crippen LogP contribution is -2.69. The molecule has 0 bridgehead atoms. The molecule has 4 amide bonds. The Hall–Kier alpha value is -3.19. The maximum atomic E-state index is 12.4. The number of aliphatic hydroxyl groups is 1. The first kappa shape index (κ1) is 17.6. The molecule has 1 heterocycles. The number of urea groups is 1. The SMILES string of the molecule is COc1ccc(C(Cc2ccccc2)C2(O)C(=O)NC(=O)NC2=O)cc1. The number of hydrogen-bond acceptors (Lipinski definition) is 5. The molecule has 3 rings (SSSR count). The highest BCUT2D eigenvalue weighted by Crippen LogP contribution is 2.34. The molecule has 1 fully saturated rings. The molecule has 7 heteroatoms. The summed E-state index contributed by atoms with van der Waals surface area (Å²) in [5, 5.41) is 15.0. The molecule has 1 aliphatic heterocycles. The number of barbiturate groups is 1. The molecule has 7 nitrogen and oxygen atoms in total. The standard InChI is InChI=1S/C19H18N2O5/c1-26-14-9-7-13(8-10-14)15(11-12-5-3-2-4-6-12)19(25)16(22)20-18(24)21-17(19)23/h2-10,15,25H,11H2,1H3,(H2,20,21,22,23,24). The van der Waals surface area contributed by atoms with Gasteiger partial charge in [0, 0.05) is 5.92 Å². The largest absolute Gasteiger partial charge is 0.497 e. The van der Waals surface area contributed by atoms with Crippen LogP contribution in [0.4, 0.5) is 4.79 Å². The van der Waals surface area contributed by atoms with E-state index in [1.165, 1.54) is 7.11 Å². The molecule has 2 aromatic carbocycles. The number of rotatable bonds is 5. The zero-order valence-corrected chi connectivity index (χ0v) is 14.1. The summed E-state index contributed by atoms with van der Waals surface area (Å²) >= 11 is 0. The quantitative estimate of drug-likeness (QED) is 0.698. The second-order valence-corrected chi connectivity index (χ2v) is 6.02. The zero-order chi connectivity index (χ0) is 18.7. The van der Waals surface area contributed by atoms with Gasteiger partial charge in [-0.05, 0) is 29.7 Å². The Balaban J connectivity index is 2.05. The molecular weight excluding hydrogens is 336 g/mol. The molecule has 1 saturated heterocycles. The number of carbonyl (C=O) groups excluding carboxylic acids is 3. The predicted molar refractivity (Wildman–Crippen MR) is 92.5 cm³/mol. The predicted octanol–water partition coefficient (Wildman–Crippen LogP) is 1.12. The third-order valence-electron chi connectivity index (χ3n) is 4.45. The first-order valence-electron chi connectivity index (χ1n) is 8.02. The van der Waals surface area contributed by atoms with Crippen LogP contribution in [0.5, 0.6) is 5.75 Å². The monoisotopic (exact) mass is 354 g/mol. The van der Waals surface area contributed by atoms with E-state index < -0.39 is 29.4 Å². The Bertz CT molecular complexity index is 813. The lowest BCUT2D eigenvalue weighted by Gasteiger charge is -2.36. The van der Waals surface area contributed by atoms with Gasteiger partial charge in [0.05, 0.1) is 7.11 Å². The van der Waals surface area contributed by atoms with Crippen LogP contribution < -0.4 is 15.4 Å². The number of imide groups is 2. The summed E-state index contributed by atoms with van der Waals surface area (Å²) in [6, 6.07) is 15.0. The summed E-state index contributed by atoms with van der Waals surface area (Å²) in [6.07, 6.45) is 0.221. The third-order valence-corrected chi connectivity index (χ3v) is 4.45. The fourth-order valence-electron chi connectivity index (χ4n) is 3.04. The number of benzene rings is 2. The van der Waals surface area contributed by atoms with Gasteiger partial charge in [-0.15, -0.1) is 0 Å². The highest BCUT2D eigenvalue weighted by molar-refractivity contribution is 6.22. The van der Waals surface area contributed by atoms with Gasteiger partial charge < -0.3 is 9.84 Å². The van der Waals surface area contributed by atoms with Crippen LogP contribution >= 0.6 is 0 Å². The summed E-state index contributed by atoms with van der Waals surface area (Å²) < 4.78 is 5.13. The molecule has 0 aromatic heterocycles. The van der Waals surface area contributed by atoms with Crippen molar-refractivity contribution < 1.29 is 24.2 Å². The van der Waals surface area contributed by atoms with Crippen molar-refractivity contribution in [1.82, 2.24) is 10.6 Å². The topological polar surface area (TPSA) is 105 Å². The number of methoxy groups -OCH3 is 1. The van der Waals surface area contributed by atoms with Crippen molar-refractivity contribution >= 4 is 17.8 Å². The van der Waals surface area contributed by atoms with Crippen LogP contribution in [0.15, 0.2) is 54.6 Å². The van der Waals surface area contributed by atoms with Gasteiger partial charge in [-0.1, -0.05) is 42.5 Å². The van der Waals surface area contributed by atoms with Crippen molar-refractivity contribution in [2.75, 3.05) is 7.11 Å². The Morgan fingerprint density at radius 3 is 2.08 bits per heavy atom. The van der Waals surface area contributed by atoms with Crippen molar-refractivity contribution in [3.8, 4) is 5.75 Å². The fourth-order valence-corrected chi connectivity index (χ4v) is 3.04. The van der Waals surface area contributed by atoms with Gasteiger partial charge in [0.15, 0.2) is 0 Å². The maximum absolute atomic E-state index is 12.4. The highest BCUT2D eigenvalue weighted by atomic mass is 16.5. The van der Waals surface area contributed by atoms with Crippen molar-refractivity contribution in [2.24, 2.45) is 0 Å². The van der Waals surface area contributed by atoms with E-state index in [0.717, 1.165) is 5.56 Å². The maximum Gasteiger partial charge on any atom is 0.328 e. The number of nitrogens with one attached hydrogen (secondary N) is 2. The smallest absolute Gasteiger partial charge is 0.328 e. The number of carbonyl (C=O) groups is 3. The normalized spacial score (nSPS) is 17.2. The fraction of sp³-hybridized carbons (Fsp3) is 0.211. The van der Waals surface area contributed by atoms with E-state index in [1.54, 1.807) is 24.3 Å². The average Bonchev–Trinajstić information content (AvgIpc) is 2.65. The summed E-state index contributed by atoms with van der Waals surface area (Å²) in [4.78, 5) is 36.2. The summed E-state index contributed by atoms with van der Waals surface area (Å²) in [6.45, 7) is 0. The van der Waals surface area contributed by atoms with Gasteiger partial charge in [-0.25, -0.2) is 4.79 Å². The summed E-state index contributed by atoms with van der Waals surface area (Å²) in [5.74, 6) is -2.37. The van der Waals surface area contributed by atoms with Crippen LogP contribution in [0.3, 0.4) is 0 Å². The van der Waals surface area contributed by atoms with Crippen LogP contribution in [0.1, 0.15) is 17.0 Å². The molecule has 1 aliphatic rings. The van der Waals surface area contributed by atoms with E-state index in [4.69, 9.17) is 4.74 Å². The molecule has 0 spiro atoms. The van der Waals surface area contributed by atoms with Crippen molar-refractivity contribution in [2.45, 2.75) is 17.9 Å². The molecular formula is C19H18N2O5. The Kier molecular flexibility index (Phi) is 4.73. The zero-order valence-electron chi connectivity index (χ0n) is 14.1. The number of ether oxygens (including phenoxy) is 1. The molecule has 3 N–H and O–H groups in total. The van der Waals surface area contributed by atoms with Crippen LogP contribution in [-0.2, 0) is 16.0 Å². The Morgan fingerprint density at radius 1 is 0.962 bits per heavy atom. The van der Waals surface area contributed by atoms with Gasteiger partial charge >= 0.3 is 6.03 Å². The van der Waals surface area contributed by atoms with Gasteiger partial charge in [-0.3, -0.25) is 20.2 Å². The summed E-state index contributed by atoms with van der Waals surface area (Å²) in [5.41, 5.74) is -1.02. The minimum atomic E-state index is -2.42. The molecule has 0 aliphatic carbocycles. The molecule has 26 heavy (non-hydrogen) atoms. The van der Waals surface area contributed by atoms with Crippen molar-refractivity contribution in [1.29, 1.82) is 0 Å². The Morgan fingerprint density at radius 2 is 1.54 bits per heavy atom. The van der Waals surface area contributed by atoms with Crippen molar-refractivity contribution in [3.05, 3.63) is 65.7 Å². The van der Waals surface area contributed by atoms with Gasteiger partial charge in [-0.2, -0.15) is 0 Å². The first-order valence-corrected chi connectivity index (χ1v) is 8.02. The van der Waals surface area contributed by atoms with E-state index >= 15 is 0 Å². The van der Waals surface area contributed by atoms with Crippen molar-refractivity contribution in [3.63, 3.8) is 0 Å². The lowest BCUT2D eigenvalue weighted by atomic mass is 9.76. The molecule has 1 unspecified atom stereocenters. The van der Waals surface area contributed by atoms with E-state index in [1.807, 2.05) is 41.0 Å². The first-order chi connectivity index (χ1) is 12.4. The third kappa shape index (κ3) is 3.16. The number of amides is 4. The van der Waals surface area contributed by atoms with E-state index in [0.29, 0.717) is 11.3 Å². The number of hydrogen-bond donors (Lipinski definition) is 3. The van der Waals surface area contributed by atoms with Gasteiger partial charge in [0.25, 0.3) is 11.8 Å². The van der Waals surface area contributed by atoms with Crippen LogP contribution in [0, 0.1) is 0 Å². The summed E-state index contributed by atoms with van der Waals surface area (Å²) in [7, 11) is 1.53. The van der Waals surface area contributed by atoms with Gasteiger partial charge in [0.1, 0.15) is 5.75 Å². The average molecular weight is 354 g/mol. The van der Waals surface area contributed by atoms with E-state index in [2.05, 4.69) is 0 Å². The second kappa shape index (κ2) is 6.97. The lowest BCUT2D eigenvalue weighted by molar-refractivity contribution is -0.157. The van der Waals surface area contributed by atoms with Gasteiger partial charge in [0.2, 0.25) is 5.60 Å². The van der Waals surface area contributed by atoms with Crippen LogP contribution in [-0.4, -0.2) is 35.7 Å². The highest BCUT2D eigenvalue weighted by Gasteiger charge is 2.54. The minimum Gasteiger partial charge on any atom is -0.497 e. The molecule has 0 radical (unpaired) electrons. The van der Waals surface area contributed by atoms with E-state index in [-0.39, 0.29) is 6.42 Å².